The van der Waals surface area contributed by atoms with Crippen LogP contribution in [0.1, 0.15) is 12.5 Å². The summed E-state index contributed by atoms with van der Waals surface area (Å²) in [4.78, 5) is 20.3. The number of phenolic OH excluding ortho intramolecular Hbond substituents is 1. The summed E-state index contributed by atoms with van der Waals surface area (Å²) < 4.78 is 0. The fraction of sp³-hybridized carbons (Fsp3) is 0.0714. The minimum atomic E-state index is -0.721. The van der Waals surface area contributed by atoms with Crippen LogP contribution in [-0.2, 0) is 0 Å². The number of nitrogens with zero attached hydrogens (tertiary/aromatic N) is 3. The molecule has 2 N–H and O–H groups in total. The molecule has 23 heavy (non-hydrogen) atoms. The molecular weight excluding hydrogens is 304 g/mol. The number of hydrazone groups is 1. The fourth-order valence-electron chi connectivity index (χ4n) is 1.79. The Labute approximate surface area is 130 Å². The quantitative estimate of drug-likeness (QED) is 0.495. The Morgan fingerprint density at radius 2 is 1.74 bits per heavy atom. The second-order valence-corrected chi connectivity index (χ2v) is 4.57. The van der Waals surface area contributed by atoms with Crippen LogP contribution in [0.5, 0.6) is 5.75 Å². The van der Waals surface area contributed by atoms with Crippen LogP contribution < -0.4 is 5.43 Å². The molecule has 0 saturated carbocycles. The Kier molecular flexibility index (Phi) is 4.50. The molecular formula is C14H12N4O5. The number of nitro benzene ring substituents is 2. The van der Waals surface area contributed by atoms with Gasteiger partial charge in [0.2, 0.25) is 0 Å². The van der Waals surface area contributed by atoms with Gasteiger partial charge in [-0.1, -0.05) is 0 Å². The van der Waals surface area contributed by atoms with Gasteiger partial charge in [0, 0.05) is 6.07 Å². The normalized spacial score (nSPS) is 11.1. The first-order valence-electron chi connectivity index (χ1n) is 6.41. The third-order valence-corrected chi connectivity index (χ3v) is 3.02. The van der Waals surface area contributed by atoms with Gasteiger partial charge in [0.05, 0.1) is 21.6 Å². The van der Waals surface area contributed by atoms with E-state index in [1.807, 2.05) is 0 Å². The highest BCUT2D eigenvalue weighted by Crippen LogP contribution is 2.29. The molecule has 0 aliphatic heterocycles. The van der Waals surface area contributed by atoms with Gasteiger partial charge in [-0.25, -0.2) is 0 Å². The second kappa shape index (κ2) is 6.52. The van der Waals surface area contributed by atoms with Gasteiger partial charge in [-0.3, -0.25) is 25.7 Å². The van der Waals surface area contributed by atoms with E-state index >= 15 is 0 Å². The summed E-state index contributed by atoms with van der Waals surface area (Å²) >= 11 is 0. The largest absolute Gasteiger partial charge is 0.508 e. The van der Waals surface area contributed by atoms with Crippen molar-refractivity contribution >= 4 is 22.8 Å². The van der Waals surface area contributed by atoms with E-state index in [2.05, 4.69) is 10.5 Å². The fourth-order valence-corrected chi connectivity index (χ4v) is 1.79. The van der Waals surface area contributed by atoms with Crippen molar-refractivity contribution in [3.63, 3.8) is 0 Å². The molecule has 2 aromatic carbocycles. The van der Waals surface area contributed by atoms with Crippen LogP contribution in [0.15, 0.2) is 47.6 Å². The van der Waals surface area contributed by atoms with E-state index in [0.29, 0.717) is 11.3 Å². The Bertz CT molecular complexity index is 786. The van der Waals surface area contributed by atoms with Crippen LogP contribution in [0.3, 0.4) is 0 Å². The molecule has 0 amide bonds. The lowest BCUT2D eigenvalue weighted by Gasteiger charge is -2.05. The molecule has 2 rings (SSSR count). The van der Waals surface area contributed by atoms with Crippen molar-refractivity contribution in [2.24, 2.45) is 5.10 Å². The van der Waals surface area contributed by atoms with E-state index in [4.69, 9.17) is 0 Å². The predicted octanol–water partition coefficient (Wildman–Crippen LogP) is 3.04. The van der Waals surface area contributed by atoms with E-state index in [1.165, 1.54) is 18.2 Å². The number of phenols is 1. The first-order valence-corrected chi connectivity index (χ1v) is 6.41. The number of nitrogens with one attached hydrogen (secondary N) is 1. The summed E-state index contributed by atoms with van der Waals surface area (Å²) in [5.41, 5.74) is 2.99. The molecule has 2 aromatic rings. The summed E-state index contributed by atoms with van der Waals surface area (Å²) in [5, 5.41) is 34.9. The predicted molar refractivity (Wildman–Crippen MR) is 83.7 cm³/mol. The summed E-state index contributed by atoms with van der Waals surface area (Å²) in [6.45, 7) is 1.68. The van der Waals surface area contributed by atoms with Crippen LogP contribution in [0.25, 0.3) is 0 Å². The SMILES string of the molecule is CC(=NNc1ccc([N+](=O)[O-])cc1[N+](=O)[O-])c1ccc(O)cc1. The Morgan fingerprint density at radius 3 is 2.30 bits per heavy atom. The molecule has 0 saturated heterocycles. The van der Waals surface area contributed by atoms with E-state index in [1.54, 1.807) is 19.1 Å². The minimum Gasteiger partial charge on any atom is -0.508 e. The average Bonchev–Trinajstić information content (AvgIpc) is 2.52. The molecule has 0 heterocycles. The molecule has 9 heteroatoms. The Hall–Kier alpha value is -3.49. The molecule has 0 bridgehead atoms. The highest BCUT2D eigenvalue weighted by Gasteiger charge is 2.19. The number of nitro groups is 2. The number of benzene rings is 2. The zero-order valence-electron chi connectivity index (χ0n) is 12.0. The van der Waals surface area contributed by atoms with Gasteiger partial charge >= 0.3 is 5.69 Å². The van der Waals surface area contributed by atoms with Crippen molar-refractivity contribution in [3.8, 4) is 5.75 Å². The maximum atomic E-state index is 11.0. The number of rotatable bonds is 5. The zero-order chi connectivity index (χ0) is 17.0. The zero-order valence-corrected chi connectivity index (χ0v) is 12.0. The van der Waals surface area contributed by atoms with Crippen LogP contribution >= 0.6 is 0 Å². The Balaban J connectivity index is 2.28. The Morgan fingerprint density at radius 1 is 1.09 bits per heavy atom. The standard InChI is InChI=1S/C14H12N4O5/c1-9(10-2-5-12(19)6-3-10)15-16-13-7-4-11(17(20)21)8-14(13)18(22)23/h2-8,16,19H,1H3. The van der Waals surface area contributed by atoms with Crippen LogP contribution in [-0.4, -0.2) is 20.7 Å². The molecule has 9 nitrogen and oxygen atoms in total. The highest BCUT2D eigenvalue weighted by atomic mass is 16.6. The van der Waals surface area contributed by atoms with Crippen LogP contribution in [0.4, 0.5) is 17.1 Å². The van der Waals surface area contributed by atoms with Crippen molar-refractivity contribution in [2.45, 2.75) is 6.92 Å². The van der Waals surface area contributed by atoms with Gasteiger partial charge in [-0.05, 0) is 42.8 Å². The first kappa shape index (κ1) is 15.9. The van der Waals surface area contributed by atoms with Gasteiger partial charge in [-0.15, -0.1) is 0 Å². The van der Waals surface area contributed by atoms with Gasteiger partial charge in [0.15, 0.2) is 0 Å². The second-order valence-electron chi connectivity index (χ2n) is 4.57. The lowest BCUT2D eigenvalue weighted by Crippen LogP contribution is -2.02. The van der Waals surface area contributed by atoms with Crippen LogP contribution in [0.2, 0.25) is 0 Å². The van der Waals surface area contributed by atoms with Crippen molar-refractivity contribution in [1.29, 1.82) is 0 Å². The molecule has 0 atom stereocenters. The number of anilines is 1. The lowest BCUT2D eigenvalue weighted by molar-refractivity contribution is -0.393. The highest BCUT2D eigenvalue weighted by molar-refractivity contribution is 5.99. The van der Waals surface area contributed by atoms with Gasteiger partial charge < -0.3 is 5.11 Å². The molecule has 0 spiro atoms. The van der Waals surface area contributed by atoms with Crippen molar-refractivity contribution in [3.05, 3.63) is 68.3 Å². The smallest absolute Gasteiger partial charge is 0.301 e. The third kappa shape index (κ3) is 3.79. The molecule has 0 fully saturated rings. The van der Waals surface area contributed by atoms with E-state index < -0.39 is 15.5 Å². The van der Waals surface area contributed by atoms with Crippen molar-refractivity contribution in [1.82, 2.24) is 0 Å². The maximum Gasteiger partial charge on any atom is 0.301 e. The van der Waals surface area contributed by atoms with E-state index in [9.17, 15) is 25.3 Å². The summed E-state index contributed by atoms with van der Waals surface area (Å²) in [6.07, 6.45) is 0. The number of aromatic hydroxyl groups is 1. The maximum absolute atomic E-state index is 11.0. The van der Waals surface area contributed by atoms with E-state index in [0.717, 1.165) is 12.1 Å². The van der Waals surface area contributed by atoms with Crippen LogP contribution in [0, 0.1) is 20.2 Å². The average molecular weight is 316 g/mol. The molecule has 0 aliphatic rings. The minimum absolute atomic E-state index is 0.0405. The number of hydrogen-bond donors (Lipinski definition) is 2. The molecule has 0 aromatic heterocycles. The lowest BCUT2D eigenvalue weighted by atomic mass is 10.1. The summed E-state index contributed by atoms with van der Waals surface area (Å²) in [6, 6.07) is 9.50. The number of non-ortho nitro benzene ring substituents is 1. The van der Waals surface area contributed by atoms with E-state index in [-0.39, 0.29) is 17.1 Å². The first-order chi connectivity index (χ1) is 10.9. The molecule has 0 aliphatic carbocycles. The van der Waals surface area contributed by atoms with Gasteiger partial charge in [0.1, 0.15) is 11.4 Å². The van der Waals surface area contributed by atoms with Crippen molar-refractivity contribution < 1.29 is 15.0 Å². The topological polar surface area (TPSA) is 131 Å². The summed E-state index contributed by atoms with van der Waals surface area (Å²) in [5.74, 6) is 0.112. The summed E-state index contributed by atoms with van der Waals surface area (Å²) in [7, 11) is 0. The third-order valence-electron chi connectivity index (χ3n) is 3.02. The van der Waals surface area contributed by atoms with Crippen molar-refractivity contribution in [2.75, 3.05) is 5.43 Å². The van der Waals surface area contributed by atoms with Gasteiger partial charge in [-0.2, -0.15) is 5.10 Å². The molecule has 118 valence electrons. The number of hydrogen-bond acceptors (Lipinski definition) is 7. The molecule has 0 unspecified atom stereocenters. The molecule has 0 radical (unpaired) electrons. The van der Waals surface area contributed by atoms with Gasteiger partial charge in [0.25, 0.3) is 5.69 Å². The monoisotopic (exact) mass is 316 g/mol.